The van der Waals surface area contributed by atoms with Gasteiger partial charge in [0.2, 0.25) is 0 Å². The third kappa shape index (κ3) is 5.86. The van der Waals surface area contributed by atoms with Crippen molar-refractivity contribution in [1.29, 1.82) is 0 Å². The molecular weight excluding hydrogens is 585 g/mol. The number of hydrogen-bond donors (Lipinski definition) is 1. The SMILES string of the molecule is CCN(Cc1cc(N)ccc1CO[Si](c1ccccc1)(c1ccccc1)C(C)(C)C)C(=O)OC1c2ccccc2-c2ccccc21. The summed E-state index contributed by atoms with van der Waals surface area (Å²) in [5.41, 5.74) is 13.2. The molecule has 0 radical (unpaired) electrons. The summed E-state index contributed by atoms with van der Waals surface area (Å²) in [6.07, 6.45) is -0.812. The van der Waals surface area contributed by atoms with Gasteiger partial charge in [-0.2, -0.15) is 0 Å². The lowest BCUT2D eigenvalue weighted by Gasteiger charge is -2.43. The Kier molecular flexibility index (Phi) is 8.85. The van der Waals surface area contributed by atoms with E-state index >= 15 is 0 Å². The predicted octanol–water partition coefficient (Wildman–Crippen LogP) is 8.07. The first-order valence-corrected chi connectivity index (χ1v) is 17.9. The van der Waals surface area contributed by atoms with Crippen molar-refractivity contribution in [1.82, 2.24) is 4.90 Å². The zero-order chi connectivity index (χ0) is 32.3. The smallest absolute Gasteiger partial charge is 0.411 e. The average molecular weight is 627 g/mol. The van der Waals surface area contributed by atoms with Gasteiger partial charge in [0.15, 0.2) is 6.10 Å². The van der Waals surface area contributed by atoms with E-state index in [9.17, 15) is 4.79 Å². The maximum Gasteiger partial charge on any atom is 0.411 e. The molecule has 5 aromatic carbocycles. The molecule has 1 aliphatic carbocycles. The second-order valence-corrected chi connectivity index (χ2v) is 17.2. The molecule has 0 atom stereocenters. The van der Waals surface area contributed by atoms with Gasteiger partial charge in [-0.25, -0.2) is 4.79 Å². The van der Waals surface area contributed by atoms with E-state index in [1.54, 1.807) is 4.90 Å². The molecule has 0 aliphatic heterocycles. The summed E-state index contributed by atoms with van der Waals surface area (Å²) in [4.78, 5) is 15.6. The van der Waals surface area contributed by atoms with Crippen molar-refractivity contribution in [3.05, 3.63) is 150 Å². The topological polar surface area (TPSA) is 64.8 Å². The Balaban J connectivity index is 1.29. The molecule has 0 saturated heterocycles. The lowest BCUT2D eigenvalue weighted by Crippen LogP contribution is -2.66. The Hall–Kier alpha value is -4.65. The van der Waals surface area contributed by atoms with Gasteiger partial charge in [-0.15, -0.1) is 0 Å². The van der Waals surface area contributed by atoms with Gasteiger partial charge in [-0.3, -0.25) is 0 Å². The third-order valence-corrected chi connectivity index (χ3v) is 14.1. The van der Waals surface area contributed by atoms with Crippen LogP contribution in [0, 0.1) is 0 Å². The van der Waals surface area contributed by atoms with E-state index in [0.717, 1.165) is 33.4 Å². The number of amides is 1. The quantitative estimate of drug-likeness (QED) is 0.133. The van der Waals surface area contributed by atoms with Crippen LogP contribution in [0.15, 0.2) is 127 Å². The molecule has 0 spiro atoms. The molecule has 234 valence electrons. The summed E-state index contributed by atoms with van der Waals surface area (Å²) in [5.74, 6) is 0. The molecule has 1 aliphatic rings. The van der Waals surface area contributed by atoms with Gasteiger partial charge < -0.3 is 19.8 Å². The molecule has 0 bridgehead atoms. The summed E-state index contributed by atoms with van der Waals surface area (Å²) in [5, 5.41) is 2.29. The number of nitrogens with zero attached hydrogens (tertiary/aromatic N) is 1. The average Bonchev–Trinajstić information content (AvgIpc) is 3.38. The van der Waals surface area contributed by atoms with Gasteiger partial charge in [0, 0.05) is 29.9 Å². The molecule has 0 saturated carbocycles. The third-order valence-electron chi connectivity index (χ3n) is 9.09. The summed E-state index contributed by atoms with van der Waals surface area (Å²) in [6.45, 7) is 10.0. The number of ether oxygens (including phenoxy) is 1. The minimum Gasteiger partial charge on any atom is -0.436 e. The Labute approximate surface area is 273 Å². The molecular formula is C40H42N2O3Si. The maximum absolute atomic E-state index is 13.8. The molecule has 5 nitrogen and oxygen atoms in total. The van der Waals surface area contributed by atoms with Crippen LogP contribution in [-0.4, -0.2) is 25.9 Å². The highest BCUT2D eigenvalue weighted by atomic mass is 28.4. The van der Waals surface area contributed by atoms with E-state index in [4.69, 9.17) is 14.9 Å². The van der Waals surface area contributed by atoms with Gasteiger partial charge in [0.05, 0.1) is 6.61 Å². The second kappa shape index (κ2) is 13.0. The number of hydrogen-bond acceptors (Lipinski definition) is 4. The van der Waals surface area contributed by atoms with Crippen molar-refractivity contribution >= 4 is 30.5 Å². The molecule has 0 fully saturated rings. The van der Waals surface area contributed by atoms with Gasteiger partial charge >= 0.3 is 6.09 Å². The Morgan fingerprint density at radius 1 is 0.739 bits per heavy atom. The summed E-state index contributed by atoms with van der Waals surface area (Å²) in [7, 11) is -2.77. The number of carbonyl (C=O) groups excluding carboxylic acids is 1. The van der Waals surface area contributed by atoms with Gasteiger partial charge in [0.25, 0.3) is 8.32 Å². The van der Waals surface area contributed by atoms with Crippen LogP contribution >= 0.6 is 0 Å². The van der Waals surface area contributed by atoms with Crippen molar-refractivity contribution in [3.8, 4) is 11.1 Å². The fraction of sp³-hybridized carbons (Fsp3) is 0.225. The molecule has 0 unspecified atom stereocenters. The predicted molar refractivity (Wildman–Crippen MR) is 190 cm³/mol. The first-order valence-electron chi connectivity index (χ1n) is 16.0. The number of fused-ring (bicyclic) bond motifs is 3. The molecule has 2 N–H and O–H groups in total. The number of benzene rings is 5. The molecule has 6 rings (SSSR count). The van der Waals surface area contributed by atoms with Crippen LogP contribution in [0.4, 0.5) is 10.5 Å². The first kappa shape index (κ1) is 31.3. The van der Waals surface area contributed by atoms with Crippen molar-refractivity contribution in [2.24, 2.45) is 0 Å². The largest absolute Gasteiger partial charge is 0.436 e. The fourth-order valence-corrected chi connectivity index (χ4v) is 11.3. The summed E-state index contributed by atoms with van der Waals surface area (Å²) >= 11 is 0. The van der Waals surface area contributed by atoms with Gasteiger partial charge in [-0.1, -0.05) is 136 Å². The highest BCUT2D eigenvalue weighted by Gasteiger charge is 2.50. The first-order chi connectivity index (χ1) is 22.2. The zero-order valence-electron chi connectivity index (χ0n) is 27.1. The number of nitrogens with two attached hydrogens (primary N) is 1. The monoisotopic (exact) mass is 626 g/mol. The maximum atomic E-state index is 13.8. The number of carbonyl (C=O) groups is 1. The highest BCUT2D eigenvalue weighted by molar-refractivity contribution is 6.99. The van der Waals surface area contributed by atoms with Gasteiger partial charge in [-0.05, 0) is 56.7 Å². The Morgan fingerprint density at radius 3 is 1.78 bits per heavy atom. The van der Waals surface area contributed by atoms with Crippen LogP contribution in [0.1, 0.15) is 56.1 Å². The molecule has 6 heteroatoms. The molecule has 5 aromatic rings. The standard InChI is InChI=1S/C40H42N2O3Si/c1-5-42(39(43)45-38-36-22-14-12-20-34(36)35-21-13-15-23-37(35)38)27-30-26-31(41)25-24-29(30)28-44-46(40(2,3)4,32-16-8-6-9-17-32)33-18-10-7-11-19-33/h6-26,38H,5,27-28,41H2,1-4H3. The van der Waals surface area contributed by atoms with E-state index < -0.39 is 14.4 Å². The van der Waals surface area contributed by atoms with Crippen LogP contribution in [-0.2, 0) is 22.3 Å². The van der Waals surface area contributed by atoms with Crippen LogP contribution in [0.3, 0.4) is 0 Å². The normalized spacial score (nSPS) is 12.8. The lowest BCUT2D eigenvalue weighted by molar-refractivity contribution is 0.0780. The zero-order valence-corrected chi connectivity index (χ0v) is 28.1. The summed E-state index contributed by atoms with van der Waals surface area (Å²) < 4.78 is 13.5. The number of anilines is 1. The van der Waals surface area contributed by atoms with E-state index in [-0.39, 0.29) is 11.1 Å². The molecule has 0 aromatic heterocycles. The Bertz CT molecular complexity index is 1730. The minimum absolute atomic E-state index is 0.156. The molecule has 1 amide bonds. The molecule has 0 heterocycles. The lowest BCUT2D eigenvalue weighted by atomic mass is 10.1. The van der Waals surface area contributed by atoms with Crippen LogP contribution in [0.5, 0.6) is 0 Å². The van der Waals surface area contributed by atoms with Crippen LogP contribution in [0.25, 0.3) is 11.1 Å². The van der Waals surface area contributed by atoms with Crippen LogP contribution < -0.4 is 16.1 Å². The van der Waals surface area contributed by atoms with E-state index in [0.29, 0.717) is 25.4 Å². The Morgan fingerprint density at radius 2 is 1.26 bits per heavy atom. The highest BCUT2D eigenvalue weighted by Crippen LogP contribution is 2.45. The minimum atomic E-state index is -2.77. The van der Waals surface area contributed by atoms with Crippen molar-refractivity contribution < 1.29 is 14.0 Å². The van der Waals surface area contributed by atoms with Crippen molar-refractivity contribution in [2.45, 2.75) is 52.0 Å². The van der Waals surface area contributed by atoms with Gasteiger partial charge in [0.1, 0.15) is 0 Å². The summed E-state index contributed by atoms with van der Waals surface area (Å²) in [6, 6.07) is 43.5. The molecule has 46 heavy (non-hydrogen) atoms. The second-order valence-electron chi connectivity index (χ2n) is 12.9. The van der Waals surface area contributed by atoms with E-state index in [1.165, 1.54) is 10.4 Å². The number of nitrogen functional groups attached to an aromatic ring is 1. The number of rotatable bonds is 9. The van der Waals surface area contributed by atoms with Crippen molar-refractivity contribution in [2.75, 3.05) is 12.3 Å². The van der Waals surface area contributed by atoms with Crippen LogP contribution in [0.2, 0.25) is 5.04 Å². The fourth-order valence-electron chi connectivity index (χ4n) is 6.80. The van der Waals surface area contributed by atoms with E-state index in [1.807, 2.05) is 61.5 Å². The van der Waals surface area contributed by atoms with E-state index in [2.05, 4.69) is 93.6 Å². The van der Waals surface area contributed by atoms with Crippen molar-refractivity contribution in [3.63, 3.8) is 0 Å².